The molecule has 1 aromatic heterocycles. The summed E-state index contributed by atoms with van der Waals surface area (Å²) in [5.74, 6) is 1.38. The molecule has 1 aliphatic heterocycles. The lowest BCUT2D eigenvalue weighted by atomic mass is 10.2. The highest BCUT2D eigenvalue weighted by Crippen LogP contribution is 2.32. The number of ether oxygens (including phenoxy) is 1. The van der Waals surface area contributed by atoms with Crippen molar-refractivity contribution in [3.63, 3.8) is 0 Å². The van der Waals surface area contributed by atoms with E-state index in [4.69, 9.17) is 4.74 Å². The Bertz CT molecular complexity index is 576. The number of imidazole rings is 1. The summed E-state index contributed by atoms with van der Waals surface area (Å²) in [4.78, 5) is 14.3. The Morgan fingerprint density at radius 3 is 3.19 bits per heavy atom. The smallest absolute Gasteiger partial charge is 0.271 e. The van der Waals surface area contributed by atoms with E-state index in [0.717, 1.165) is 5.82 Å². The van der Waals surface area contributed by atoms with Gasteiger partial charge < -0.3 is 4.74 Å². The topological polar surface area (TPSA) is 70.2 Å². The van der Waals surface area contributed by atoms with Crippen molar-refractivity contribution in [1.82, 2.24) is 9.55 Å². The molecule has 1 aromatic carbocycles. The van der Waals surface area contributed by atoms with Crippen molar-refractivity contribution in [3.05, 3.63) is 46.5 Å². The lowest BCUT2D eigenvalue weighted by Gasteiger charge is -2.18. The molecule has 0 radical (unpaired) electrons. The molecule has 6 heteroatoms. The van der Waals surface area contributed by atoms with Crippen molar-refractivity contribution >= 4 is 5.69 Å². The summed E-state index contributed by atoms with van der Waals surface area (Å²) in [6.45, 7) is 0.387. The maximum atomic E-state index is 10.7. The van der Waals surface area contributed by atoms with Crippen molar-refractivity contribution < 1.29 is 9.66 Å². The zero-order chi connectivity index (χ0) is 11.1. The molecule has 2 aromatic rings. The van der Waals surface area contributed by atoms with Crippen LogP contribution in [0.25, 0.3) is 5.69 Å². The van der Waals surface area contributed by atoms with Crippen LogP contribution in [-0.4, -0.2) is 14.5 Å². The van der Waals surface area contributed by atoms with Gasteiger partial charge in [-0.1, -0.05) is 0 Å². The van der Waals surface area contributed by atoms with E-state index < -0.39 is 4.92 Å². The molecule has 2 heterocycles. The van der Waals surface area contributed by atoms with Crippen LogP contribution in [0, 0.1) is 10.1 Å². The van der Waals surface area contributed by atoms with E-state index in [1.165, 1.54) is 12.1 Å². The van der Waals surface area contributed by atoms with Gasteiger partial charge in [0.15, 0.2) is 5.82 Å². The number of nitrogens with zero attached hydrogens (tertiary/aromatic N) is 3. The Morgan fingerprint density at radius 2 is 2.38 bits per heavy atom. The first kappa shape index (κ1) is 8.90. The summed E-state index contributed by atoms with van der Waals surface area (Å²) < 4.78 is 7.23. The minimum atomic E-state index is -0.425. The third kappa shape index (κ3) is 1.16. The first-order chi connectivity index (χ1) is 7.75. The third-order valence-electron chi connectivity index (χ3n) is 2.49. The molecule has 0 unspecified atom stereocenters. The predicted molar refractivity (Wildman–Crippen MR) is 54.6 cm³/mol. The van der Waals surface area contributed by atoms with Crippen molar-refractivity contribution in [3.8, 4) is 11.4 Å². The van der Waals surface area contributed by atoms with E-state index in [0.29, 0.717) is 18.0 Å². The maximum Gasteiger partial charge on any atom is 0.271 e. The molecular weight excluding hydrogens is 210 g/mol. The number of aromatic nitrogens is 2. The van der Waals surface area contributed by atoms with Gasteiger partial charge in [-0.15, -0.1) is 0 Å². The number of nitro groups is 1. The molecule has 0 spiro atoms. The first-order valence-corrected chi connectivity index (χ1v) is 4.69. The summed E-state index contributed by atoms with van der Waals surface area (Å²) in [6, 6.07) is 4.52. The van der Waals surface area contributed by atoms with Crippen LogP contribution in [0.3, 0.4) is 0 Å². The molecule has 0 aliphatic carbocycles. The highest BCUT2D eigenvalue weighted by Gasteiger charge is 2.19. The number of rotatable bonds is 1. The lowest BCUT2D eigenvalue weighted by Crippen LogP contribution is -2.12. The van der Waals surface area contributed by atoms with Gasteiger partial charge in [0.05, 0.1) is 10.6 Å². The minimum Gasteiger partial charge on any atom is -0.483 e. The van der Waals surface area contributed by atoms with Crippen molar-refractivity contribution in [2.45, 2.75) is 6.61 Å². The van der Waals surface area contributed by atoms with E-state index in [1.54, 1.807) is 23.0 Å². The lowest BCUT2D eigenvalue weighted by molar-refractivity contribution is -0.384. The first-order valence-electron chi connectivity index (χ1n) is 4.69. The van der Waals surface area contributed by atoms with E-state index >= 15 is 0 Å². The molecule has 0 saturated carbocycles. The number of hydrogen-bond acceptors (Lipinski definition) is 4. The second kappa shape index (κ2) is 3.06. The van der Waals surface area contributed by atoms with Crippen molar-refractivity contribution in [2.75, 3.05) is 0 Å². The fourth-order valence-electron chi connectivity index (χ4n) is 1.73. The van der Waals surface area contributed by atoms with E-state index in [9.17, 15) is 10.1 Å². The molecule has 0 atom stereocenters. The molecular formula is C10H7N3O3. The molecule has 0 N–H and O–H groups in total. The van der Waals surface area contributed by atoms with Crippen LogP contribution in [0.4, 0.5) is 5.69 Å². The second-order valence-corrected chi connectivity index (χ2v) is 3.41. The van der Waals surface area contributed by atoms with Crippen LogP contribution in [0.2, 0.25) is 0 Å². The molecule has 1 aliphatic rings. The molecule has 80 valence electrons. The molecule has 0 amide bonds. The Labute approximate surface area is 90.3 Å². The van der Waals surface area contributed by atoms with Gasteiger partial charge in [-0.3, -0.25) is 14.7 Å². The fraction of sp³-hybridized carbons (Fsp3) is 0.100. The normalized spacial score (nSPS) is 12.5. The fourth-order valence-corrected chi connectivity index (χ4v) is 1.73. The van der Waals surface area contributed by atoms with Gasteiger partial charge in [0.1, 0.15) is 12.4 Å². The quantitative estimate of drug-likeness (QED) is 0.538. The van der Waals surface area contributed by atoms with Crippen molar-refractivity contribution in [2.24, 2.45) is 0 Å². The Kier molecular flexibility index (Phi) is 1.70. The summed E-state index contributed by atoms with van der Waals surface area (Å²) >= 11 is 0. The molecule has 0 saturated heterocycles. The van der Waals surface area contributed by atoms with E-state index in [1.807, 2.05) is 0 Å². The van der Waals surface area contributed by atoms with Gasteiger partial charge in [0, 0.05) is 24.5 Å². The molecule has 0 bridgehead atoms. The zero-order valence-corrected chi connectivity index (χ0v) is 8.16. The standard InChI is InChI=1S/C10H7N3O3/c14-13(15)7-1-2-9-8(5-7)12-4-3-11-10(12)6-16-9/h1-5H,6H2. The molecule has 3 rings (SSSR count). The number of hydrogen-bond donors (Lipinski definition) is 0. The Morgan fingerprint density at radius 1 is 1.50 bits per heavy atom. The van der Waals surface area contributed by atoms with Gasteiger partial charge in [-0.05, 0) is 6.07 Å². The van der Waals surface area contributed by atoms with Gasteiger partial charge in [0.25, 0.3) is 5.69 Å². The number of benzene rings is 1. The molecule has 16 heavy (non-hydrogen) atoms. The third-order valence-corrected chi connectivity index (χ3v) is 2.49. The summed E-state index contributed by atoms with van der Waals surface area (Å²) in [5, 5.41) is 10.7. The van der Waals surface area contributed by atoms with Crippen LogP contribution in [0.5, 0.6) is 5.75 Å². The monoisotopic (exact) mass is 217 g/mol. The average molecular weight is 217 g/mol. The second-order valence-electron chi connectivity index (χ2n) is 3.41. The largest absolute Gasteiger partial charge is 0.483 e. The zero-order valence-electron chi connectivity index (χ0n) is 8.16. The van der Waals surface area contributed by atoms with E-state index in [-0.39, 0.29) is 5.69 Å². The van der Waals surface area contributed by atoms with Crippen LogP contribution >= 0.6 is 0 Å². The van der Waals surface area contributed by atoms with E-state index in [2.05, 4.69) is 4.98 Å². The van der Waals surface area contributed by atoms with Gasteiger partial charge >= 0.3 is 0 Å². The van der Waals surface area contributed by atoms with Crippen LogP contribution in [-0.2, 0) is 6.61 Å². The van der Waals surface area contributed by atoms with Crippen LogP contribution in [0.15, 0.2) is 30.6 Å². The molecule has 6 nitrogen and oxygen atoms in total. The maximum absolute atomic E-state index is 10.7. The summed E-state index contributed by atoms with van der Waals surface area (Å²) in [7, 11) is 0. The van der Waals surface area contributed by atoms with Gasteiger partial charge in [-0.2, -0.15) is 0 Å². The number of fused-ring (bicyclic) bond motifs is 3. The minimum absolute atomic E-state index is 0.0453. The Hall–Kier alpha value is -2.37. The van der Waals surface area contributed by atoms with Crippen LogP contribution in [0.1, 0.15) is 5.82 Å². The Balaban J connectivity index is 2.22. The summed E-state index contributed by atoms with van der Waals surface area (Å²) in [5.41, 5.74) is 0.705. The van der Waals surface area contributed by atoms with Gasteiger partial charge in [0.2, 0.25) is 0 Å². The van der Waals surface area contributed by atoms with Crippen LogP contribution < -0.4 is 4.74 Å². The summed E-state index contributed by atoms with van der Waals surface area (Å²) in [6.07, 6.45) is 3.41. The molecule has 0 fully saturated rings. The highest BCUT2D eigenvalue weighted by molar-refractivity contribution is 5.55. The number of nitro benzene ring substituents is 1. The van der Waals surface area contributed by atoms with Gasteiger partial charge in [-0.25, -0.2) is 4.98 Å². The average Bonchev–Trinajstić information content (AvgIpc) is 2.76. The van der Waals surface area contributed by atoms with Crippen molar-refractivity contribution in [1.29, 1.82) is 0 Å². The highest BCUT2D eigenvalue weighted by atomic mass is 16.6. The number of non-ortho nitro benzene ring substituents is 1. The SMILES string of the molecule is O=[N+]([O-])c1ccc2c(c1)-n1ccnc1CO2. The predicted octanol–water partition coefficient (Wildman–Crippen LogP) is 1.67.